The van der Waals surface area contributed by atoms with Crippen LogP contribution in [0.3, 0.4) is 0 Å². The Bertz CT molecular complexity index is 1140. The maximum atomic E-state index is 14.1. The molecule has 1 aromatic carbocycles. The number of fused-ring (bicyclic) bond motifs is 2. The van der Waals surface area contributed by atoms with Gasteiger partial charge in [-0.3, -0.25) is 9.59 Å². The first-order valence-electron chi connectivity index (χ1n) is 14.1. The number of benzene rings is 1. The molecule has 2 atom stereocenters. The number of nitrogens with zero attached hydrogens (tertiary/aromatic N) is 3. The molecule has 204 valence electrons. The van der Waals surface area contributed by atoms with E-state index in [-0.39, 0.29) is 35.2 Å². The van der Waals surface area contributed by atoms with Gasteiger partial charge in [0.2, 0.25) is 11.8 Å². The Morgan fingerprint density at radius 2 is 1.66 bits per heavy atom. The molecule has 2 heterocycles. The lowest BCUT2D eigenvalue weighted by atomic mass is 9.68. The summed E-state index contributed by atoms with van der Waals surface area (Å²) in [5, 5.41) is 12.4. The van der Waals surface area contributed by atoms with Crippen molar-refractivity contribution < 1.29 is 19.1 Å². The van der Waals surface area contributed by atoms with Gasteiger partial charge in [0.05, 0.1) is 6.07 Å². The second-order valence-corrected chi connectivity index (χ2v) is 12.8. The first-order chi connectivity index (χ1) is 18.0. The summed E-state index contributed by atoms with van der Waals surface area (Å²) in [5.41, 5.74) is 0.931. The topological polar surface area (TPSA) is 103 Å². The van der Waals surface area contributed by atoms with Crippen LogP contribution in [0.15, 0.2) is 24.3 Å². The minimum absolute atomic E-state index is 0.0510. The van der Waals surface area contributed by atoms with Gasteiger partial charge >= 0.3 is 6.09 Å². The summed E-state index contributed by atoms with van der Waals surface area (Å²) >= 11 is 0. The van der Waals surface area contributed by atoms with Crippen LogP contribution >= 0.6 is 0 Å². The lowest BCUT2D eigenvalue weighted by Crippen LogP contribution is -2.56. The highest BCUT2D eigenvalue weighted by Crippen LogP contribution is 2.44. The van der Waals surface area contributed by atoms with Crippen LogP contribution in [0.25, 0.3) is 0 Å². The Morgan fingerprint density at radius 3 is 2.29 bits per heavy atom. The van der Waals surface area contributed by atoms with Crippen molar-refractivity contribution >= 4 is 17.9 Å². The van der Waals surface area contributed by atoms with Crippen molar-refractivity contribution in [1.29, 1.82) is 5.26 Å². The molecule has 0 aromatic heterocycles. The Morgan fingerprint density at radius 1 is 1.00 bits per heavy atom. The van der Waals surface area contributed by atoms with E-state index >= 15 is 0 Å². The standard InChI is InChI=1S/C30H40N4O4/c1-28(2,3)38-27(37)33-16-14-29(15-17-33)20-34(18-21-8-4-7-11-24(21)29)26(36)23-10-6-5-9-22(23)25(35)32-30(19-31)12-13-30/h4,7-8,11,22-23H,5-6,9-10,12-18,20H2,1-3H3,(H,32,35)/t22-,23?/m1/s1. The van der Waals surface area contributed by atoms with E-state index in [4.69, 9.17) is 4.74 Å². The molecule has 4 aliphatic rings. The van der Waals surface area contributed by atoms with E-state index in [1.54, 1.807) is 4.90 Å². The molecule has 3 amide bonds. The molecular formula is C30H40N4O4. The van der Waals surface area contributed by atoms with E-state index < -0.39 is 11.1 Å². The van der Waals surface area contributed by atoms with Gasteiger partial charge in [0.15, 0.2) is 0 Å². The van der Waals surface area contributed by atoms with Crippen molar-refractivity contribution in [2.75, 3.05) is 19.6 Å². The number of amides is 3. The highest BCUT2D eigenvalue weighted by molar-refractivity contribution is 5.89. The summed E-state index contributed by atoms with van der Waals surface area (Å²) in [6.45, 7) is 7.92. The van der Waals surface area contributed by atoms with Gasteiger partial charge < -0.3 is 19.9 Å². The van der Waals surface area contributed by atoms with E-state index in [1.807, 2.05) is 31.7 Å². The number of ether oxygens (including phenoxy) is 1. The minimum atomic E-state index is -0.724. The van der Waals surface area contributed by atoms with Gasteiger partial charge in [-0.1, -0.05) is 37.1 Å². The maximum Gasteiger partial charge on any atom is 0.410 e. The van der Waals surface area contributed by atoms with Crippen LogP contribution < -0.4 is 5.32 Å². The molecule has 8 nitrogen and oxygen atoms in total. The summed E-state index contributed by atoms with van der Waals surface area (Å²) in [7, 11) is 0. The number of hydrogen-bond acceptors (Lipinski definition) is 5. The molecule has 2 aliphatic carbocycles. The lowest BCUT2D eigenvalue weighted by molar-refractivity contribution is -0.146. The zero-order valence-electron chi connectivity index (χ0n) is 22.9. The van der Waals surface area contributed by atoms with Crippen molar-refractivity contribution in [2.45, 2.75) is 95.2 Å². The quantitative estimate of drug-likeness (QED) is 0.641. The fourth-order valence-electron chi connectivity index (χ4n) is 6.61. The monoisotopic (exact) mass is 520 g/mol. The zero-order chi connectivity index (χ0) is 27.1. The molecule has 0 bridgehead atoms. The molecule has 2 aliphatic heterocycles. The van der Waals surface area contributed by atoms with E-state index in [2.05, 4.69) is 29.6 Å². The van der Waals surface area contributed by atoms with Crippen LogP contribution in [0.1, 0.15) is 83.3 Å². The normalized spacial score (nSPS) is 25.6. The summed E-state index contributed by atoms with van der Waals surface area (Å²) in [6, 6.07) is 10.6. The number of carbonyl (C=O) groups is 3. The number of rotatable bonds is 3. The van der Waals surface area contributed by atoms with Crippen LogP contribution in [0, 0.1) is 23.2 Å². The molecular weight excluding hydrogens is 480 g/mol. The van der Waals surface area contributed by atoms with Crippen LogP contribution in [0.4, 0.5) is 4.79 Å². The highest BCUT2D eigenvalue weighted by atomic mass is 16.6. The summed E-state index contributed by atoms with van der Waals surface area (Å²) in [5.74, 6) is -0.832. The van der Waals surface area contributed by atoms with E-state index in [1.165, 1.54) is 5.56 Å². The predicted octanol–water partition coefficient (Wildman–Crippen LogP) is 4.28. The third-order valence-corrected chi connectivity index (χ3v) is 8.87. The highest BCUT2D eigenvalue weighted by Gasteiger charge is 2.49. The van der Waals surface area contributed by atoms with Gasteiger partial charge in [0.1, 0.15) is 11.1 Å². The van der Waals surface area contributed by atoms with Gasteiger partial charge in [-0.2, -0.15) is 5.26 Å². The molecule has 1 unspecified atom stereocenters. The van der Waals surface area contributed by atoms with Crippen molar-refractivity contribution in [1.82, 2.24) is 15.1 Å². The van der Waals surface area contributed by atoms with Gasteiger partial charge in [-0.15, -0.1) is 0 Å². The number of nitrogens with one attached hydrogen (secondary N) is 1. The molecule has 0 radical (unpaired) electrons. The van der Waals surface area contributed by atoms with Gasteiger partial charge in [-0.05, 0) is 70.4 Å². The second-order valence-electron chi connectivity index (χ2n) is 12.8. The van der Waals surface area contributed by atoms with Crippen LogP contribution in [-0.4, -0.2) is 58.5 Å². The largest absolute Gasteiger partial charge is 0.444 e. The summed E-state index contributed by atoms with van der Waals surface area (Å²) < 4.78 is 5.61. The molecule has 1 aromatic rings. The van der Waals surface area contributed by atoms with Gasteiger partial charge in [0.25, 0.3) is 0 Å². The maximum absolute atomic E-state index is 14.1. The van der Waals surface area contributed by atoms with Crippen LogP contribution in [0.2, 0.25) is 0 Å². The SMILES string of the molecule is CC(C)(C)OC(=O)N1CCC2(CC1)CN(C(=O)C1CCCC[C@H]1C(=O)NC1(C#N)CC1)Cc1ccccc12. The second kappa shape index (κ2) is 9.91. The summed E-state index contributed by atoms with van der Waals surface area (Å²) in [4.78, 5) is 43.8. The minimum Gasteiger partial charge on any atom is -0.444 e. The molecule has 38 heavy (non-hydrogen) atoms. The van der Waals surface area contributed by atoms with Crippen molar-refractivity contribution in [3.05, 3.63) is 35.4 Å². The van der Waals surface area contributed by atoms with Gasteiger partial charge in [-0.25, -0.2) is 4.79 Å². The number of likely N-dealkylation sites (tertiary alicyclic amines) is 1. The number of carbonyl (C=O) groups excluding carboxylic acids is 3. The lowest BCUT2D eigenvalue weighted by Gasteiger charge is -2.49. The number of piperidine rings is 1. The molecule has 1 N–H and O–H groups in total. The third kappa shape index (κ3) is 5.25. The Kier molecular flexibility index (Phi) is 6.91. The number of nitriles is 1. The molecule has 2 saturated carbocycles. The van der Waals surface area contributed by atoms with E-state index in [0.717, 1.165) is 31.2 Å². The summed E-state index contributed by atoms with van der Waals surface area (Å²) in [6.07, 6.45) is 5.85. The molecule has 5 rings (SSSR count). The number of hydrogen-bond donors (Lipinski definition) is 1. The Labute approximate surface area is 225 Å². The molecule has 3 fully saturated rings. The smallest absolute Gasteiger partial charge is 0.410 e. The molecule has 1 saturated heterocycles. The van der Waals surface area contributed by atoms with Gasteiger partial charge in [0, 0.05) is 43.4 Å². The first-order valence-corrected chi connectivity index (χ1v) is 14.1. The average Bonchev–Trinajstić information content (AvgIpc) is 3.67. The molecule has 8 heteroatoms. The van der Waals surface area contributed by atoms with Crippen molar-refractivity contribution in [3.8, 4) is 6.07 Å². The fraction of sp³-hybridized carbons (Fsp3) is 0.667. The zero-order valence-corrected chi connectivity index (χ0v) is 22.9. The van der Waals surface area contributed by atoms with Crippen LogP contribution in [-0.2, 0) is 26.3 Å². The Hall–Kier alpha value is -3.08. The van der Waals surface area contributed by atoms with Crippen LogP contribution in [0.5, 0.6) is 0 Å². The van der Waals surface area contributed by atoms with Crippen molar-refractivity contribution in [3.63, 3.8) is 0 Å². The first kappa shape index (κ1) is 26.5. The van der Waals surface area contributed by atoms with E-state index in [0.29, 0.717) is 51.9 Å². The fourth-order valence-corrected chi connectivity index (χ4v) is 6.61. The van der Waals surface area contributed by atoms with Crippen molar-refractivity contribution in [2.24, 2.45) is 11.8 Å². The average molecular weight is 521 g/mol. The molecule has 1 spiro atoms. The predicted molar refractivity (Wildman–Crippen MR) is 142 cm³/mol. The Balaban J connectivity index is 1.34. The van der Waals surface area contributed by atoms with E-state index in [9.17, 15) is 19.6 Å². The third-order valence-electron chi connectivity index (χ3n) is 8.87.